The average molecular weight is 138 g/mol. The van der Waals surface area contributed by atoms with Crippen LogP contribution in [0.25, 0.3) is 0 Å². The molecule has 10 heavy (non-hydrogen) atoms. The molecule has 1 saturated heterocycles. The Balaban J connectivity index is 2.25. The molecule has 3 nitrogen and oxygen atoms in total. The first kappa shape index (κ1) is 5.95. The summed E-state index contributed by atoms with van der Waals surface area (Å²) in [5.41, 5.74) is 5.65. The van der Waals surface area contributed by atoms with Crippen LogP contribution in [0.2, 0.25) is 0 Å². The second-order valence-electron chi connectivity index (χ2n) is 2.21. The topological polar surface area (TPSA) is 44.5 Å². The molecule has 3 heteroatoms. The lowest BCUT2D eigenvalue weighted by atomic mass is 10.1. The summed E-state index contributed by atoms with van der Waals surface area (Å²) < 4.78 is 10.2. The van der Waals surface area contributed by atoms with E-state index in [2.05, 4.69) is 0 Å². The van der Waals surface area contributed by atoms with Gasteiger partial charge in [-0.3, -0.25) is 0 Å². The monoisotopic (exact) mass is 138 g/mol. The van der Waals surface area contributed by atoms with E-state index in [9.17, 15) is 0 Å². The van der Waals surface area contributed by atoms with Crippen molar-refractivity contribution in [3.05, 3.63) is 30.1 Å². The molecule has 0 spiro atoms. The summed E-state index contributed by atoms with van der Waals surface area (Å²) in [6.45, 7) is 0.302. The highest BCUT2D eigenvalue weighted by Crippen LogP contribution is 2.29. The van der Waals surface area contributed by atoms with Crippen LogP contribution >= 0.6 is 0 Å². The summed E-state index contributed by atoms with van der Waals surface area (Å²) in [7, 11) is 0. The maximum absolute atomic E-state index is 5.65. The molecular formula is C7H8NO2. The van der Waals surface area contributed by atoms with E-state index in [1.54, 1.807) is 0 Å². The number of allylic oxidation sites excluding steroid dienone is 2. The highest BCUT2D eigenvalue weighted by molar-refractivity contribution is 5.32. The molecule has 0 aromatic rings. The molecule has 2 N–H and O–H groups in total. The van der Waals surface area contributed by atoms with Gasteiger partial charge < -0.3 is 15.2 Å². The van der Waals surface area contributed by atoms with E-state index in [1.165, 1.54) is 0 Å². The molecule has 2 aliphatic rings. The van der Waals surface area contributed by atoms with E-state index in [0.29, 0.717) is 6.79 Å². The Morgan fingerprint density at radius 2 is 2.40 bits per heavy atom. The second kappa shape index (κ2) is 2.11. The Morgan fingerprint density at radius 1 is 1.50 bits per heavy atom. The molecule has 1 fully saturated rings. The van der Waals surface area contributed by atoms with Gasteiger partial charge in [-0.05, 0) is 6.08 Å². The fourth-order valence-corrected chi connectivity index (χ4v) is 1.04. The fraction of sp³-hybridized carbons (Fsp3) is 0.286. The average Bonchev–Trinajstić information content (AvgIpc) is 2.36. The van der Waals surface area contributed by atoms with Crippen molar-refractivity contribution in [2.24, 2.45) is 5.73 Å². The molecule has 0 aromatic heterocycles. The Morgan fingerprint density at radius 3 is 3.20 bits per heavy atom. The molecule has 0 aromatic carbocycles. The van der Waals surface area contributed by atoms with Gasteiger partial charge in [0.1, 0.15) is 5.76 Å². The van der Waals surface area contributed by atoms with Gasteiger partial charge in [-0.2, -0.15) is 0 Å². The van der Waals surface area contributed by atoms with E-state index >= 15 is 0 Å². The quantitative estimate of drug-likeness (QED) is 0.523. The highest BCUT2D eigenvalue weighted by Gasteiger charge is 2.31. The molecule has 1 radical (unpaired) electrons. The number of hydrogen-bond acceptors (Lipinski definition) is 3. The Hall–Kier alpha value is -0.800. The van der Waals surface area contributed by atoms with Gasteiger partial charge in [0.2, 0.25) is 0 Å². The van der Waals surface area contributed by atoms with E-state index in [4.69, 9.17) is 15.2 Å². The molecule has 1 aliphatic carbocycles. The normalized spacial score (nSPS) is 31.3. The zero-order valence-corrected chi connectivity index (χ0v) is 5.41. The third-order valence-electron chi connectivity index (χ3n) is 1.54. The van der Waals surface area contributed by atoms with Crippen LogP contribution in [0.3, 0.4) is 0 Å². The molecule has 1 heterocycles. The van der Waals surface area contributed by atoms with Gasteiger partial charge >= 0.3 is 0 Å². The van der Waals surface area contributed by atoms with E-state index in [1.807, 2.05) is 18.2 Å². The lowest BCUT2D eigenvalue weighted by Gasteiger charge is -2.14. The Kier molecular flexibility index (Phi) is 1.25. The minimum atomic E-state index is -0.123. The highest BCUT2D eigenvalue weighted by atomic mass is 16.7. The Labute approximate surface area is 59.1 Å². The van der Waals surface area contributed by atoms with Crippen LogP contribution in [0.1, 0.15) is 0 Å². The van der Waals surface area contributed by atoms with E-state index < -0.39 is 0 Å². The fourth-order valence-electron chi connectivity index (χ4n) is 1.04. The van der Waals surface area contributed by atoms with Gasteiger partial charge in [0.25, 0.3) is 0 Å². The molecule has 1 atom stereocenters. The molecule has 1 aliphatic heterocycles. The van der Waals surface area contributed by atoms with Crippen molar-refractivity contribution in [2.75, 3.05) is 6.79 Å². The summed E-state index contributed by atoms with van der Waals surface area (Å²) >= 11 is 0. The molecule has 0 bridgehead atoms. The number of rotatable bonds is 0. The van der Waals surface area contributed by atoms with Crippen LogP contribution in [-0.4, -0.2) is 12.8 Å². The van der Waals surface area contributed by atoms with Crippen molar-refractivity contribution in [3.63, 3.8) is 0 Å². The number of ether oxygens (including phenoxy) is 2. The van der Waals surface area contributed by atoms with Gasteiger partial charge in [0, 0.05) is 0 Å². The number of fused-ring (bicyclic) bond motifs is 1. The van der Waals surface area contributed by atoms with Gasteiger partial charge in [-0.1, -0.05) is 12.2 Å². The lowest BCUT2D eigenvalue weighted by Crippen LogP contribution is -2.27. The van der Waals surface area contributed by atoms with Gasteiger partial charge in [-0.15, -0.1) is 0 Å². The minimum absolute atomic E-state index is 0.123. The third-order valence-corrected chi connectivity index (χ3v) is 1.54. The number of hydrogen-bond donors (Lipinski definition) is 1. The lowest BCUT2D eigenvalue weighted by molar-refractivity contribution is 0.0787. The van der Waals surface area contributed by atoms with Crippen LogP contribution in [0.5, 0.6) is 0 Å². The standard InChI is InChI=1S/C7H8NO2/c8-5-2-1-3-6-7(5)10-4-9-6/h1-3,5H,4,8H2. The zero-order valence-electron chi connectivity index (χ0n) is 5.41. The molecule has 1 unspecified atom stereocenters. The first-order chi connectivity index (χ1) is 4.88. The van der Waals surface area contributed by atoms with Crippen LogP contribution in [0.15, 0.2) is 24.0 Å². The SMILES string of the molecule is NC1C=CC=C2OCO[C]21. The van der Waals surface area contributed by atoms with Gasteiger partial charge in [-0.25, -0.2) is 0 Å². The van der Waals surface area contributed by atoms with Crippen molar-refractivity contribution in [1.29, 1.82) is 0 Å². The Bertz CT molecular complexity index is 198. The molecule has 0 amide bonds. The summed E-state index contributed by atoms with van der Waals surface area (Å²) in [6, 6.07) is -0.123. The van der Waals surface area contributed by atoms with Crippen LogP contribution in [0.4, 0.5) is 0 Å². The van der Waals surface area contributed by atoms with E-state index in [-0.39, 0.29) is 6.04 Å². The summed E-state index contributed by atoms with van der Waals surface area (Å²) in [4.78, 5) is 0. The largest absolute Gasteiger partial charge is 0.469 e. The van der Waals surface area contributed by atoms with Gasteiger partial charge in [0.15, 0.2) is 12.9 Å². The maximum atomic E-state index is 5.65. The summed E-state index contributed by atoms with van der Waals surface area (Å²) in [5, 5.41) is 0. The van der Waals surface area contributed by atoms with Crippen molar-refractivity contribution in [2.45, 2.75) is 6.04 Å². The third kappa shape index (κ3) is 0.751. The maximum Gasteiger partial charge on any atom is 0.190 e. The van der Waals surface area contributed by atoms with Crippen LogP contribution in [0, 0.1) is 6.10 Å². The molecule has 53 valence electrons. The van der Waals surface area contributed by atoms with E-state index in [0.717, 1.165) is 11.9 Å². The van der Waals surface area contributed by atoms with Crippen molar-refractivity contribution < 1.29 is 9.47 Å². The van der Waals surface area contributed by atoms with Crippen molar-refractivity contribution >= 4 is 0 Å². The predicted molar refractivity (Wildman–Crippen MR) is 35.5 cm³/mol. The second-order valence-corrected chi connectivity index (χ2v) is 2.21. The predicted octanol–water partition coefficient (Wildman–Crippen LogP) is 0.304. The first-order valence-corrected chi connectivity index (χ1v) is 3.15. The summed E-state index contributed by atoms with van der Waals surface area (Å²) in [6.07, 6.45) is 6.35. The molecule has 0 saturated carbocycles. The number of nitrogens with two attached hydrogens (primary N) is 1. The minimum Gasteiger partial charge on any atom is -0.469 e. The van der Waals surface area contributed by atoms with Gasteiger partial charge in [0.05, 0.1) is 6.04 Å². The van der Waals surface area contributed by atoms with Crippen LogP contribution < -0.4 is 5.73 Å². The van der Waals surface area contributed by atoms with Crippen molar-refractivity contribution in [3.8, 4) is 0 Å². The zero-order chi connectivity index (χ0) is 6.97. The summed E-state index contributed by atoms with van der Waals surface area (Å²) in [5.74, 6) is 0.773. The molecule has 2 rings (SSSR count). The smallest absolute Gasteiger partial charge is 0.190 e. The van der Waals surface area contributed by atoms with Crippen molar-refractivity contribution in [1.82, 2.24) is 0 Å². The first-order valence-electron chi connectivity index (χ1n) is 3.15. The molecular weight excluding hydrogens is 130 g/mol. The van der Waals surface area contributed by atoms with Crippen LogP contribution in [-0.2, 0) is 9.47 Å².